The summed E-state index contributed by atoms with van der Waals surface area (Å²) in [6, 6.07) is 4.90. The van der Waals surface area contributed by atoms with Gasteiger partial charge in [-0.3, -0.25) is 0 Å². The number of hydrogen-bond donors (Lipinski definition) is 0. The second-order valence-corrected chi connectivity index (χ2v) is 4.22. The molecule has 17 heavy (non-hydrogen) atoms. The minimum Gasteiger partial charge on any atom is -0.435 e. The highest BCUT2D eigenvalue weighted by molar-refractivity contribution is 9.10. The van der Waals surface area contributed by atoms with Crippen LogP contribution in [-0.4, -0.2) is 4.98 Å². The number of rotatable bonds is 2. The third-order valence-corrected chi connectivity index (χ3v) is 3.12. The van der Waals surface area contributed by atoms with Gasteiger partial charge in [-0.2, -0.15) is 0 Å². The number of nitrogens with zero attached hydrogens (tertiary/aromatic N) is 1. The van der Waals surface area contributed by atoms with Gasteiger partial charge in [0.25, 0.3) is 0 Å². The fraction of sp³-hybridized carbons (Fsp3) is 0.0833. The molecule has 0 bridgehead atoms. The Morgan fingerprint density at radius 3 is 2.71 bits per heavy atom. The number of aryl methyl sites for hydroxylation is 1. The van der Waals surface area contributed by atoms with Crippen molar-refractivity contribution in [1.29, 1.82) is 0 Å². The van der Waals surface area contributed by atoms with Crippen molar-refractivity contribution in [1.82, 2.24) is 4.98 Å². The van der Waals surface area contributed by atoms with Gasteiger partial charge in [0.05, 0.1) is 4.47 Å². The van der Waals surface area contributed by atoms with Crippen molar-refractivity contribution in [3.05, 3.63) is 52.1 Å². The first-order valence-corrected chi connectivity index (χ1v) is 5.61. The maximum atomic E-state index is 13.4. The fourth-order valence-electron chi connectivity index (χ4n) is 1.25. The van der Waals surface area contributed by atoms with E-state index in [4.69, 9.17) is 4.74 Å². The lowest BCUT2D eigenvalue weighted by Gasteiger charge is -2.08. The molecule has 0 saturated heterocycles. The summed E-state index contributed by atoms with van der Waals surface area (Å²) in [5.41, 5.74) is 0.914. The summed E-state index contributed by atoms with van der Waals surface area (Å²) < 4.78 is 32.0. The predicted molar refractivity (Wildman–Crippen MR) is 63.1 cm³/mol. The number of halogens is 3. The first-order valence-electron chi connectivity index (χ1n) is 4.82. The Balaban J connectivity index is 2.35. The third kappa shape index (κ3) is 2.61. The van der Waals surface area contributed by atoms with Crippen LogP contribution in [-0.2, 0) is 0 Å². The summed E-state index contributed by atoms with van der Waals surface area (Å²) in [4.78, 5) is 3.97. The Morgan fingerprint density at radius 1 is 1.24 bits per heavy atom. The van der Waals surface area contributed by atoms with E-state index < -0.39 is 11.6 Å². The molecule has 1 aromatic heterocycles. The Bertz CT molecular complexity index is 560. The largest absolute Gasteiger partial charge is 0.435 e. The van der Waals surface area contributed by atoms with Crippen LogP contribution in [0.25, 0.3) is 0 Å². The van der Waals surface area contributed by atoms with E-state index in [1.54, 1.807) is 12.3 Å². The normalized spacial score (nSPS) is 10.4. The molecule has 0 unspecified atom stereocenters. The highest BCUT2D eigenvalue weighted by Crippen LogP contribution is 2.31. The van der Waals surface area contributed by atoms with Gasteiger partial charge in [-0.15, -0.1) is 0 Å². The Hall–Kier alpha value is -1.49. The maximum Gasteiger partial charge on any atom is 0.234 e. The van der Waals surface area contributed by atoms with Crippen molar-refractivity contribution in [3.8, 4) is 11.6 Å². The van der Waals surface area contributed by atoms with Crippen molar-refractivity contribution >= 4 is 15.9 Å². The highest BCUT2D eigenvalue weighted by Gasteiger charge is 2.10. The molecule has 0 radical (unpaired) electrons. The number of aromatic nitrogens is 1. The van der Waals surface area contributed by atoms with Crippen LogP contribution in [0.3, 0.4) is 0 Å². The monoisotopic (exact) mass is 299 g/mol. The van der Waals surface area contributed by atoms with Crippen LogP contribution in [0.1, 0.15) is 5.56 Å². The smallest absolute Gasteiger partial charge is 0.234 e. The van der Waals surface area contributed by atoms with Crippen LogP contribution in [0.15, 0.2) is 34.9 Å². The molecule has 0 saturated carbocycles. The zero-order chi connectivity index (χ0) is 12.4. The Kier molecular flexibility index (Phi) is 3.38. The van der Waals surface area contributed by atoms with Gasteiger partial charge in [0.2, 0.25) is 5.88 Å². The minimum absolute atomic E-state index is 0.0646. The molecule has 0 N–H and O–H groups in total. The van der Waals surface area contributed by atoms with E-state index in [2.05, 4.69) is 20.9 Å². The van der Waals surface area contributed by atoms with Crippen LogP contribution >= 0.6 is 15.9 Å². The standard InChI is InChI=1S/C12H8BrF2NO/c1-7-4-5-16-12(11(7)13)17-10-3-2-8(14)6-9(10)15/h2-6H,1H3. The van der Waals surface area contributed by atoms with Gasteiger partial charge >= 0.3 is 0 Å². The van der Waals surface area contributed by atoms with E-state index in [9.17, 15) is 8.78 Å². The van der Waals surface area contributed by atoms with Gasteiger partial charge in [-0.25, -0.2) is 13.8 Å². The third-order valence-electron chi connectivity index (χ3n) is 2.15. The molecular formula is C12H8BrF2NO. The van der Waals surface area contributed by atoms with Gasteiger partial charge in [-0.05, 0) is 46.6 Å². The summed E-state index contributed by atoms with van der Waals surface area (Å²) in [6.45, 7) is 1.86. The number of ether oxygens (including phenoxy) is 1. The molecule has 0 aliphatic heterocycles. The van der Waals surface area contributed by atoms with Crippen LogP contribution in [0, 0.1) is 18.6 Å². The first-order chi connectivity index (χ1) is 8.08. The summed E-state index contributed by atoms with van der Waals surface area (Å²) >= 11 is 3.29. The van der Waals surface area contributed by atoms with Crippen LogP contribution < -0.4 is 4.74 Å². The molecule has 0 amide bonds. The highest BCUT2D eigenvalue weighted by atomic mass is 79.9. The van der Waals surface area contributed by atoms with Gasteiger partial charge in [0.1, 0.15) is 5.82 Å². The first kappa shape index (κ1) is 12.0. The second-order valence-electron chi connectivity index (χ2n) is 3.42. The number of hydrogen-bond acceptors (Lipinski definition) is 2. The molecule has 1 aromatic carbocycles. The topological polar surface area (TPSA) is 22.1 Å². The number of pyridine rings is 1. The van der Waals surface area contributed by atoms with Crippen molar-refractivity contribution in [2.75, 3.05) is 0 Å². The minimum atomic E-state index is -0.764. The van der Waals surface area contributed by atoms with E-state index >= 15 is 0 Å². The predicted octanol–water partition coefficient (Wildman–Crippen LogP) is 4.22. The van der Waals surface area contributed by atoms with Crippen molar-refractivity contribution < 1.29 is 13.5 Å². The summed E-state index contributed by atoms with van der Waals surface area (Å²) in [5.74, 6) is -1.23. The molecule has 88 valence electrons. The van der Waals surface area contributed by atoms with E-state index in [0.717, 1.165) is 17.7 Å². The second kappa shape index (κ2) is 4.79. The summed E-state index contributed by atoms with van der Waals surface area (Å²) in [6.07, 6.45) is 1.55. The lowest BCUT2D eigenvalue weighted by Crippen LogP contribution is -1.93. The van der Waals surface area contributed by atoms with Crippen molar-refractivity contribution in [2.24, 2.45) is 0 Å². The van der Waals surface area contributed by atoms with E-state index in [1.165, 1.54) is 6.07 Å². The van der Waals surface area contributed by atoms with Gasteiger partial charge in [0.15, 0.2) is 11.6 Å². The zero-order valence-corrected chi connectivity index (χ0v) is 10.5. The molecule has 0 aliphatic rings. The molecule has 1 heterocycles. The van der Waals surface area contributed by atoms with Gasteiger partial charge in [-0.1, -0.05) is 0 Å². The average molecular weight is 300 g/mol. The molecule has 5 heteroatoms. The maximum absolute atomic E-state index is 13.4. The fourth-order valence-corrected chi connectivity index (χ4v) is 1.56. The molecule has 0 atom stereocenters. The quantitative estimate of drug-likeness (QED) is 0.828. The van der Waals surface area contributed by atoms with Gasteiger partial charge in [0, 0.05) is 12.3 Å². The van der Waals surface area contributed by atoms with E-state index in [0.29, 0.717) is 4.47 Å². The molecule has 2 rings (SSSR count). The SMILES string of the molecule is Cc1ccnc(Oc2ccc(F)cc2F)c1Br. The zero-order valence-electron chi connectivity index (χ0n) is 8.88. The molecule has 2 nitrogen and oxygen atoms in total. The molecular weight excluding hydrogens is 292 g/mol. The summed E-state index contributed by atoms with van der Waals surface area (Å²) in [5, 5.41) is 0. The lowest BCUT2D eigenvalue weighted by atomic mass is 10.3. The van der Waals surface area contributed by atoms with Crippen LogP contribution in [0.5, 0.6) is 11.6 Å². The Labute approximate surface area is 105 Å². The average Bonchev–Trinajstić information content (AvgIpc) is 2.28. The van der Waals surface area contributed by atoms with E-state index in [1.807, 2.05) is 6.92 Å². The van der Waals surface area contributed by atoms with Crippen LogP contribution in [0.2, 0.25) is 0 Å². The Morgan fingerprint density at radius 2 is 2.00 bits per heavy atom. The summed E-state index contributed by atoms with van der Waals surface area (Å²) in [7, 11) is 0. The lowest BCUT2D eigenvalue weighted by molar-refractivity contribution is 0.421. The molecule has 0 aliphatic carbocycles. The number of benzene rings is 1. The van der Waals surface area contributed by atoms with Crippen molar-refractivity contribution in [3.63, 3.8) is 0 Å². The van der Waals surface area contributed by atoms with E-state index in [-0.39, 0.29) is 11.6 Å². The van der Waals surface area contributed by atoms with Crippen molar-refractivity contribution in [2.45, 2.75) is 6.92 Å². The van der Waals surface area contributed by atoms with Gasteiger partial charge < -0.3 is 4.74 Å². The van der Waals surface area contributed by atoms with Crippen LogP contribution in [0.4, 0.5) is 8.78 Å². The molecule has 2 aromatic rings. The molecule has 0 spiro atoms. The molecule has 0 fully saturated rings.